The molecule has 0 radical (unpaired) electrons. The van der Waals surface area contributed by atoms with Gasteiger partial charge in [0.15, 0.2) is 0 Å². The predicted octanol–water partition coefficient (Wildman–Crippen LogP) is 1.45. The minimum atomic E-state index is 0.834. The average molecular weight is 243 g/mol. The molecule has 0 atom stereocenters. The average Bonchev–Trinajstić information content (AvgIpc) is 2.56. The highest BCUT2D eigenvalue weighted by molar-refractivity contribution is 7.99. The molecule has 0 aliphatic carbocycles. The Morgan fingerprint density at radius 3 is 2.94 bits per heavy atom. The zero-order valence-corrected chi connectivity index (χ0v) is 11.1. The van der Waals surface area contributed by atoms with Gasteiger partial charge >= 0.3 is 0 Å². The number of nitrogens with one attached hydrogen (secondary N) is 1. The number of aryl methyl sites for hydroxylation is 2. The van der Waals surface area contributed by atoms with E-state index in [1.165, 1.54) is 5.03 Å². The number of methoxy groups -OCH3 is 1. The first-order valence-electron chi connectivity index (χ1n) is 5.57. The van der Waals surface area contributed by atoms with Gasteiger partial charge in [-0.3, -0.25) is 4.68 Å². The Balaban J connectivity index is 2.05. The van der Waals surface area contributed by atoms with Crippen LogP contribution in [0.5, 0.6) is 0 Å². The quantitative estimate of drug-likeness (QED) is 0.554. The normalized spacial score (nSPS) is 10.9. The highest BCUT2D eigenvalue weighted by Gasteiger charge is 2.01. The van der Waals surface area contributed by atoms with E-state index in [2.05, 4.69) is 16.5 Å². The van der Waals surface area contributed by atoms with E-state index in [0.29, 0.717) is 0 Å². The van der Waals surface area contributed by atoms with Crippen LogP contribution in [0.1, 0.15) is 12.1 Å². The first-order valence-corrected chi connectivity index (χ1v) is 6.55. The molecule has 1 aromatic rings. The lowest BCUT2D eigenvalue weighted by Gasteiger charge is -2.04. The minimum absolute atomic E-state index is 0.834. The van der Waals surface area contributed by atoms with Crippen LogP contribution >= 0.6 is 11.8 Å². The molecule has 92 valence electrons. The van der Waals surface area contributed by atoms with Gasteiger partial charge in [-0.05, 0) is 26.0 Å². The fourth-order valence-electron chi connectivity index (χ4n) is 1.42. The van der Waals surface area contributed by atoms with Crippen LogP contribution in [-0.4, -0.2) is 42.3 Å². The molecular formula is C11H21N3OS. The van der Waals surface area contributed by atoms with E-state index in [-0.39, 0.29) is 0 Å². The van der Waals surface area contributed by atoms with Crippen molar-refractivity contribution in [3.8, 4) is 0 Å². The third-order valence-electron chi connectivity index (χ3n) is 2.19. The number of aromatic nitrogens is 2. The monoisotopic (exact) mass is 243 g/mol. The smallest absolute Gasteiger partial charge is 0.0939 e. The van der Waals surface area contributed by atoms with Crippen molar-refractivity contribution in [2.45, 2.75) is 18.4 Å². The lowest BCUT2D eigenvalue weighted by atomic mass is 10.4. The van der Waals surface area contributed by atoms with Crippen LogP contribution in [0, 0.1) is 6.92 Å². The SMILES string of the molecule is COCCCNCCSc1cc(C)nn1C. The molecule has 0 saturated heterocycles. The summed E-state index contributed by atoms with van der Waals surface area (Å²) >= 11 is 1.84. The topological polar surface area (TPSA) is 39.1 Å². The van der Waals surface area contributed by atoms with Crippen LogP contribution < -0.4 is 5.32 Å². The summed E-state index contributed by atoms with van der Waals surface area (Å²) in [5.41, 5.74) is 1.08. The number of hydrogen-bond acceptors (Lipinski definition) is 4. The Hall–Kier alpha value is -0.520. The lowest BCUT2D eigenvalue weighted by Crippen LogP contribution is -2.19. The molecule has 1 heterocycles. The molecule has 4 nitrogen and oxygen atoms in total. The van der Waals surface area contributed by atoms with Crippen LogP contribution in [-0.2, 0) is 11.8 Å². The number of thioether (sulfide) groups is 1. The molecule has 0 fully saturated rings. The molecule has 1 N–H and O–H groups in total. The molecule has 5 heteroatoms. The van der Waals surface area contributed by atoms with E-state index in [1.54, 1.807) is 7.11 Å². The third kappa shape index (κ3) is 5.01. The largest absolute Gasteiger partial charge is 0.385 e. The first-order chi connectivity index (χ1) is 7.74. The first kappa shape index (κ1) is 13.5. The Labute approximate surface area is 102 Å². The van der Waals surface area contributed by atoms with E-state index in [0.717, 1.165) is 37.6 Å². The van der Waals surface area contributed by atoms with Crippen LogP contribution in [0.3, 0.4) is 0 Å². The molecule has 1 aromatic heterocycles. The Kier molecular flexibility index (Phi) is 6.52. The molecule has 16 heavy (non-hydrogen) atoms. The van der Waals surface area contributed by atoms with E-state index < -0.39 is 0 Å². The van der Waals surface area contributed by atoms with Gasteiger partial charge in [0.25, 0.3) is 0 Å². The second-order valence-electron chi connectivity index (χ2n) is 3.69. The maximum absolute atomic E-state index is 4.98. The highest BCUT2D eigenvalue weighted by atomic mass is 32.2. The Morgan fingerprint density at radius 2 is 2.31 bits per heavy atom. The summed E-state index contributed by atoms with van der Waals surface area (Å²) in [5.74, 6) is 1.08. The Morgan fingerprint density at radius 1 is 1.50 bits per heavy atom. The second-order valence-corrected chi connectivity index (χ2v) is 4.81. The standard InChI is InChI=1S/C11H21N3OS/c1-10-9-11(14(2)13-10)16-8-6-12-5-4-7-15-3/h9,12H,4-8H2,1-3H3. The van der Waals surface area contributed by atoms with Crippen LogP contribution in [0.25, 0.3) is 0 Å². The summed E-state index contributed by atoms with van der Waals surface area (Å²) in [6.45, 7) is 4.91. The van der Waals surface area contributed by atoms with Gasteiger partial charge in [-0.2, -0.15) is 5.10 Å². The number of ether oxygens (including phenoxy) is 1. The van der Waals surface area contributed by atoms with Gasteiger partial charge in [-0.15, -0.1) is 11.8 Å². The molecule has 0 unspecified atom stereocenters. The van der Waals surface area contributed by atoms with Gasteiger partial charge in [-0.25, -0.2) is 0 Å². The highest BCUT2D eigenvalue weighted by Crippen LogP contribution is 2.17. The van der Waals surface area contributed by atoms with Crippen molar-refractivity contribution in [1.82, 2.24) is 15.1 Å². The summed E-state index contributed by atoms with van der Waals surface area (Å²) in [6, 6.07) is 2.12. The summed E-state index contributed by atoms with van der Waals surface area (Å²) in [6.07, 6.45) is 1.08. The molecule has 0 amide bonds. The third-order valence-corrected chi connectivity index (χ3v) is 3.28. The molecule has 0 spiro atoms. The van der Waals surface area contributed by atoms with E-state index in [4.69, 9.17) is 4.74 Å². The maximum atomic E-state index is 4.98. The fourth-order valence-corrected chi connectivity index (χ4v) is 2.35. The van der Waals surface area contributed by atoms with E-state index >= 15 is 0 Å². The van der Waals surface area contributed by atoms with Crippen molar-refractivity contribution >= 4 is 11.8 Å². The van der Waals surface area contributed by atoms with Crippen molar-refractivity contribution in [3.63, 3.8) is 0 Å². The molecule has 0 aliphatic heterocycles. The Bertz CT molecular complexity index is 301. The fraction of sp³-hybridized carbons (Fsp3) is 0.727. The van der Waals surface area contributed by atoms with E-state index in [1.807, 2.05) is 30.4 Å². The summed E-state index contributed by atoms with van der Waals surface area (Å²) in [4.78, 5) is 0. The second kappa shape index (κ2) is 7.70. The van der Waals surface area contributed by atoms with Gasteiger partial charge in [0.1, 0.15) is 0 Å². The molecule has 0 bridgehead atoms. The number of rotatable bonds is 8. The summed E-state index contributed by atoms with van der Waals surface area (Å²) in [7, 11) is 3.72. The maximum Gasteiger partial charge on any atom is 0.0939 e. The van der Waals surface area contributed by atoms with Crippen molar-refractivity contribution in [3.05, 3.63) is 11.8 Å². The predicted molar refractivity (Wildman–Crippen MR) is 68.0 cm³/mol. The molecule has 0 aliphatic rings. The molecule has 1 rings (SSSR count). The van der Waals surface area contributed by atoms with Crippen molar-refractivity contribution in [2.75, 3.05) is 32.6 Å². The summed E-state index contributed by atoms with van der Waals surface area (Å²) < 4.78 is 6.91. The van der Waals surface area contributed by atoms with Crippen LogP contribution in [0.2, 0.25) is 0 Å². The molecular weight excluding hydrogens is 222 g/mol. The number of nitrogens with zero attached hydrogens (tertiary/aromatic N) is 2. The van der Waals surface area contributed by atoms with Crippen molar-refractivity contribution < 1.29 is 4.74 Å². The van der Waals surface area contributed by atoms with Crippen LogP contribution in [0.15, 0.2) is 11.1 Å². The van der Waals surface area contributed by atoms with Gasteiger partial charge in [-0.1, -0.05) is 0 Å². The van der Waals surface area contributed by atoms with Crippen molar-refractivity contribution in [1.29, 1.82) is 0 Å². The van der Waals surface area contributed by atoms with Gasteiger partial charge in [0.05, 0.1) is 10.7 Å². The molecule has 0 aromatic carbocycles. The van der Waals surface area contributed by atoms with Gasteiger partial charge in [0, 0.05) is 33.1 Å². The van der Waals surface area contributed by atoms with Crippen LogP contribution in [0.4, 0.5) is 0 Å². The van der Waals surface area contributed by atoms with Gasteiger partial charge in [0.2, 0.25) is 0 Å². The molecule has 0 saturated carbocycles. The lowest BCUT2D eigenvalue weighted by molar-refractivity contribution is 0.194. The van der Waals surface area contributed by atoms with Crippen molar-refractivity contribution in [2.24, 2.45) is 7.05 Å². The zero-order chi connectivity index (χ0) is 11.8. The minimum Gasteiger partial charge on any atom is -0.385 e. The zero-order valence-electron chi connectivity index (χ0n) is 10.3. The van der Waals surface area contributed by atoms with Gasteiger partial charge < -0.3 is 10.1 Å². The van der Waals surface area contributed by atoms with E-state index in [9.17, 15) is 0 Å². The summed E-state index contributed by atoms with van der Waals surface area (Å²) in [5, 5.41) is 8.93. The number of hydrogen-bond donors (Lipinski definition) is 1.